The van der Waals surface area contributed by atoms with Crippen LogP contribution in [0.25, 0.3) is 0 Å². The molecule has 0 aromatic heterocycles. The summed E-state index contributed by atoms with van der Waals surface area (Å²) in [5.74, 6) is -0.0963. The van der Waals surface area contributed by atoms with Crippen LogP contribution in [-0.4, -0.2) is 30.1 Å². The third kappa shape index (κ3) is 12.6. The van der Waals surface area contributed by atoms with Gasteiger partial charge in [0.25, 0.3) is 0 Å². The summed E-state index contributed by atoms with van der Waals surface area (Å²) in [4.78, 5) is 24.3. The highest BCUT2D eigenvalue weighted by molar-refractivity contribution is 5.93. The van der Waals surface area contributed by atoms with E-state index in [0.717, 1.165) is 19.3 Å². The normalized spacial score (nSPS) is 14.4. The van der Waals surface area contributed by atoms with E-state index in [1.807, 2.05) is 0 Å². The van der Waals surface area contributed by atoms with Crippen LogP contribution in [0.4, 0.5) is 4.79 Å². The second kappa shape index (κ2) is 16.8. The van der Waals surface area contributed by atoms with Crippen molar-refractivity contribution in [3.63, 3.8) is 0 Å². The molecule has 0 aromatic rings. The largest absolute Gasteiger partial charge is 0.449 e. The van der Waals surface area contributed by atoms with Gasteiger partial charge in [-0.1, -0.05) is 76.9 Å². The summed E-state index contributed by atoms with van der Waals surface area (Å²) in [6.07, 6.45) is 23.2. The third-order valence-electron chi connectivity index (χ3n) is 5.18. The highest BCUT2D eigenvalue weighted by Crippen LogP contribution is 2.12. The second-order valence-corrected chi connectivity index (χ2v) is 7.70. The summed E-state index contributed by atoms with van der Waals surface area (Å²) in [6, 6.07) is 0. The van der Waals surface area contributed by atoms with Crippen LogP contribution in [0.1, 0.15) is 110 Å². The molecule has 1 rings (SSSR count). The first-order valence-electron chi connectivity index (χ1n) is 11.4. The average molecular weight is 380 g/mol. The molecule has 0 unspecified atom stereocenters. The van der Waals surface area contributed by atoms with Gasteiger partial charge >= 0.3 is 6.09 Å². The average Bonchev–Trinajstić information content (AvgIpc) is 3.10. The minimum Gasteiger partial charge on any atom is -0.449 e. The summed E-state index contributed by atoms with van der Waals surface area (Å²) in [7, 11) is 0. The molecule has 4 heteroatoms. The maximum absolute atomic E-state index is 11.7. The number of hydrogen-bond acceptors (Lipinski definition) is 3. The number of unbranched alkanes of at least 4 members (excludes halogenated alkanes) is 12. The Bertz CT molecular complexity index is 420. The molecule has 1 fully saturated rings. The third-order valence-corrected chi connectivity index (χ3v) is 5.18. The van der Waals surface area contributed by atoms with E-state index in [2.05, 4.69) is 19.1 Å². The van der Waals surface area contributed by atoms with Gasteiger partial charge in [0.1, 0.15) is 0 Å². The van der Waals surface area contributed by atoms with Gasteiger partial charge in [-0.25, -0.2) is 9.69 Å². The van der Waals surface area contributed by atoms with Crippen LogP contribution in [0.15, 0.2) is 12.2 Å². The Morgan fingerprint density at radius 2 is 1.44 bits per heavy atom. The number of carbonyl (C=O) groups excluding carboxylic acids is 2. The number of imide groups is 1. The molecule has 27 heavy (non-hydrogen) atoms. The van der Waals surface area contributed by atoms with Crippen LogP contribution in [0.3, 0.4) is 0 Å². The fourth-order valence-corrected chi connectivity index (χ4v) is 3.43. The lowest BCUT2D eigenvalue weighted by atomic mass is 10.1. The molecule has 0 N–H and O–H groups in total. The Labute approximate surface area is 166 Å². The zero-order chi connectivity index (χ0) is 19.6. The Morgan fingerprint density at radius 3 is 2.00 bits per heavy atom. The monoisotopic (exact) mass is 379 g/mol. The molecule has 0 aromatic carbocycles. The van der Waals surface area contributed by atoms with Crippen molar-refractivity contribution in [3.05, 3.63) is 12.2 Å². The van der Waals surface area contributed by atoms with Crippen LogP contribution in [0.2, 0.25) is 0 Å². The molecule has 0 bridgehead atoms. The van der Waals surface area contributed by atoms with Gasteiger partial charge in [0.2, 0.25) is 5.91 Å². The zero-order valence-corrected chi connectivity index (χ0v) is 17.6. The molecule has 4 nitrogen and oxygen atoms in total. The lowest BCUT2D eigenvalue weighted by molar-refractivity contribution is -0.126. The van der Waals surface area contributed by atoms with Gasteiger partial charge in [0.15, 0.2) is 0 Å². The van der Waals surface area contributed by atoms with Crippen LogP contribution in [0.5, 0.6) is 0 Å². The molecule has 0 aliphatic carbocycles. The maximum atomic E-state index is 11.7. The standard InChI is InChI=1S/C23H41NO3/c1-2-3-4-5-6-7-8-9-10-11-12-13-14-15-16-17-21-27-23(26)24-20-18-19-22(24)25/h9-10H,2-8,11-21H2,1H3. The van der Waals surface area contributed by atoms with Gasteiger partial charge in [0.05, 0.1) is 6.61 Å². The number of rotatable bonds is 16. The zero-order valence-electron chi connectivity index (χ0n) is 17.6. The highest BCUT2D eigenvalue weighted by atomic mass is 16.6. The quantitative estimate of drug-likeness (QED) is 0.219. The first-order valence-corrected chi connectivity index (χ1v) is 11.4. The first-order chi connectivity index (χ1) is 13.3. The van der Waals surface area contributed by atoms with Gasteiger partial charge in [0, 0.05) is 13.0 Å². The number of hydrogen-bond donors (Lipinski definition) is 0. The molecule has 1 heterocycles. The van der Waals surface area contributed by atoms with E-state index >= 15 is 0 Å². The van der Waals surface area contributed by atoms with Crippen molar-refractivity contribution < 1.29 is 14.3 Å². The second-order valence-electron chi connectivity index (χ2n) is 7.70. The summed E-state index contributed by atoms with van der Waals surface area (Å²) >= 11 is 0. The molecule has 1 saturated heterocycles. The minimum atomic E-state index is -0.453. The summed E-state index contributed by atoms with van der Waals surface area (Å²) in [6.45, 7) is 3.22. The molecule has 2 amide bonds. The van der Waals surface area contributed by atoms with Crippen molar-refractivity contribution in [1.82, 2.24) is 4.90 Å². The van der Waals surface area contributed by atoms with Crippen molar-refractivity contribution in [3.8, 4) is 0 Å². The summed E-state index contributed by atoms with van der Waals surface area (Å²) in [5, 5.41) is 0. The molecule has 1 aliphatic rings. The Balaban J connectivity index is 1.78. The minimum absolute atomic E-state index is 0.0963. The van der Waals surface area contributed by atoms with Gasteiger partial charge in [-0.05, 0) is 38.5 Å². The van der Waals surface area contributed by atoms with E-state index in [9.17, 15) is 9.59 Å². The van der Waals surface area contributed by atoms with Crippen LogP contribution in [-0.2, 0) is 9.53 Å². The number of carbonyl (C=O) groups is 2. The summed E-state index contributed by atoms with van der Waals surface area (Å²) < 4.78 is 5.17. The Morgan fingerprint density at radius 1 is 0.889 bits per heavy atom. The van der Waals surface area contributed by atoms with Gasteiger partial charge in [-0.3, -0.25) is 4.79 Å². The van der Waals surface area contributed by atoms with Gasteiger partial charge in [-0.15, -0.1) is 0 Å². The lowest BCUT2D eigenvalue weighted by Gasteiger charge is -2.13. The van der Waals surface area contributed by atoms with Crippen LogP contribution >= 0.6 is 0 Å². The van der Waals surface area contributed by atoms with Crippen molar-refractivity contribution >= 4 is 12.0 Å². The highest BCUT2D eigenvalue weighted by Gasteiger charge is 2.27. The summed E-state index contributed by atoms with van der Waals surface area (Å²) in [5.41, 5.74) is 0. The Kier molecular flexibility index (Phi) is 14.8. The molecule has 0 spiro atoms. The number of amides is 2. The van der Waals surface area contributed by atoms with Crippen molar-refractivity contribution in [2.75, 3.05) is 13.2 Å². The predicted molar refractivity (Wildman–Crippen MR) is 112 cm³/mol. The van der Waals surface area contributed by atoms with Gasteiger partial charge < -0.3 is 4.74 Å². The van der Waals surface area contributed by atoms with E-state index in [1.54, 1.807) is 0 Å². The fraction of sp³-hybridized carbons (Fsp3) is 0.826. The molecule has 1 aliphatic heterocycles. The van der Waals surface area contributed by atoms with E-state index < -0.39 is 6.09 Å². The molecule has 156 valence electrons. The number of allylic oxidation sites excluding steroid dienone is 2. The topological polar surface area (TPSA) is 46.6 Å². The van der Waals surface area contributed by atoms with Crippen molar-refractivity contribution in [2.45, 2.75) is 110 Å². The number of nitrogens with zero attached hydrogens (tertiary/aromatic N) is 1. The van der Waals surface area contributed by atoms with Crippen molar-refractivity contribution in [2.24, 2.45) is 0 Å². The van der Waals surface area contributed by atoms with Crippen LogP contribution < -0.4 is 0 Å². The van der Waals surface area contributed by atoms with Gasteiger partial charge in [-0.2, -0.15) is 0 Å². The Hall–Kier alpha value is -1.32. The predicted octanol–water partition coefficient (Wildman–Crippen LogP) is 6.78. The fourth-order valence-electron chi connectivity index (χ4n) is 3.43. The van der Waals surface area contributed by atoms with E-state index in [-0.39, 0.29) is 5.91 Å². The lowest BCUT2D eigenvalue weighted by Crippen LogP contribution is -2.32. The molecule has 0 radical (unpaired) electrons. The number of likely N-dealkylation sites (tertiary alicyclic amines) is 1. The SMILES string of the molecule is CCCCCCCCC=CCCCCCCCCOC(=O)N1CCCC1=O. The molecular formula is C23H41NO3. The van der Waals surface area contributed by atoms with E-state index in [1.165, 1.54) is 81.9 Å². The molecule has 0 saturated carbocycles. The maximum Gasteiger partial charge on any atom is 0.416 e. The molecular weight excluding hydrogens is 338 g/mol. The first kappa shape index (κ1) is 23.7. The smallest absolute Gasteiger partial charge is 0.416 e. The number of ether oxygens (including phenoxy) is 1. The van der Waals surface area contributed by atoms with E-state index in [4.69, 9.17) is 4.74 Å². The van der Waals surface area contributed by atoms with Crippen molar-refractivity contribution in [1.29, 1.82) is 0 Å². The van der Waals surface area contributed by atoms with E-state index in [0.29, 0.717) is 19.6 Å². The van der Waals surface area contributed by atoms with Crippen LogP contribution in [0, 0.1) is 0 Å². The molecule has 0 atom stereocenters.